The van der Waals surface area contributed by atoms with Crippen molar-refractivity contribution in [3.63, 3.8) is 0 Å². The molecule has 0 heterocycles. The smallest absolute Gasteiger partial charge is 0.222 e. The molecule has 0 aliphatic heterocycles. The first-order valence-electron chi connectivity index (χ1n) is 9.04. The molecule has 7 heteroatoms. The van der Waals surface area contributed by atoms with E-state index in [1.807, 2.05) is 26.0 Å². The fourth-order valence-corrected chi connectivity index (χ4v) is 3.65. The minimum atomic E-state index is -3.23. The number of halogens is 1. The number of nitrogens with zero attached hydrogens (tertiary/aromatic N) is 1. The Bertz CT molecular complexity index is 926. The molecule has 0 fully saturated rings. The van der Waals surface area contributed by atoms with Gasteiger partial charge in [0.15, 0.2) is 9.84 Å². The molecule has 0 radical (unpaired) electrons. The Labute approximate surface area is 172 Å². The summed E-state index contributed by atoms with van der Waals surface area (Å²) in [6.07, 6.45) is 2.15. The first-order chi connectivity index (χ1) is 13.1. The normalized spacial score (nSPS) is 12.5. The molecule has 0 aliphatic carbocycles. The van der Waals surface area contributed by atoms with Crippen molar-refractivity contribution >= 4 is 27.3 Å². The summed E-state index contributed by atoms with van der Waals surface area (Å²) in [7, 11) is -1.48. The van der Waals surface area contributed by atoms with Gasteiger partial charge in [-0.15, -0.1) is 0 Å². The first-order valence-corrected chi connectivity index (χ1v) is 11.3. The molecule has 1 amide bonds. The topological polar surface area (TPSA) is 63.7 Å². The standard InChI is InChI=1S/C21H26ClNO4S/c1-15-14-18(22)9-12-20(15)27-13-5-6-21(24)23(3)16(2)17-7-10-19(11-8-17)28(4,25)26/h7-12,14,16H,5-6,13H2,1-4H3/t16-/m1/s1. The highest BCUT2D eigenvalue weighted by Gasteiger charge is 2.18. The van der Waals surface area contributed by atoms with Crippen molar-refractivity contribution in [3.8, 4) is 5.75 Å². The summed E-state index contributed by atoms with van der Waals surface area (Å²) in [6.45, 7) is 4.29. The first kappa shape index (κ1) is 22.2. The number of carbonyl (C=O) groups is 1. The lowest BCUT2D eigenvalue weighted by Gasteiger charge is -2.25. The number of hydrogen-bond donors (Lipinski definition) is 0. The molecule has 5 nitrogen and oxygen atoms in total. The highest BCUT2D eigenvalue weighted by Crippen LogP contribution is 2.23. The average Bonchev–Trinajstić information content (AvgIpc) is 2.64. The second-order valence-electron chi connectivity index (χ2n) is 6.88. The van der Waals surface area contributed by atoms with Crippen LogP contribution in [0.25, 0.3) is 0 Å². The summed E-state index contributed by atoms with van der Waals surface area (Å²) in [6, 6.07) is 11.9. The van der Waals surface area contributed by atoms with Crippen LogP contribution in [0.3, 0.4) is 0 Å². The maximum atomic E-state index is 12.5. The second kappa shape index (κ2) is 9.43. The van der Waals surface area contributed by atoms with Crippen LogP contribution in [-0.4, -0.2) is 39.1 Å². The van der Waals surface area contributed by atoms with Crippen LogP contribution in [-0.2, 0) is 14.6 Å². The SMILES string of the molecule is Cc1cc(Cl)ccc1OCCCC(=O)N(C)[C@H](C)c1ccc(S(C)(=O)=O)cc1. The summed E-state index contributed by atoms with van der Waals surface area (Å²) in [4.78, 5) is 14.4. The van der Waals surface area contributed by atoms with Crippen molar-refractivity contribution in [2.45, 2.75) is 37.6 Å². The van der Waals surface area contributed by atoms with Gasteiger partial charge in [-0.3, -0.25) is 4.79 Å². The number of aryl methyl sites for hydroxylation is 1. The zero-order chi connectivity index (χ0) is 20.9. The van der Waals surface area contributed by atoms with Crippen LogP contribution in [0, 0.1) is 6.92 Å². The number of hydrogen-bond acceptors (Lipinski definition) is 4. The van der Waals surface area contributed by atoms with Gasteiger partial charge >= 0.3 is 0 Å². The predicted octanol–water partition coefficient (Wildman–Crippen LogP) is 4.43. The lowest BCUT2D eigenvalue weighted by Crippen LogP contribution is -2.29. The van der Waals surface area contributed by atoms with E-state index in [4.69, 9.17) is 16.3 Å². The van der Waals surface area contributed by atoms with Gasteiger partial charge in [-0.1, -0.05) is 23.7 Å². The minimum absolute atomic E-state index is 0.0103. The van der Waals surface area contributed by atoms with E-state index in [2.05, 4.69) is 0 Å². The Morgan fingerprint density at radius 2 is 1.82 bits per heavy atom. The highest BCUT2D eigenvalue weighted by molar-refractivity contribution is 7.90. The summed E-state index contributed by atoms with van der Waals surface area (Å²) < 4.78 is 28.8. The van der Waals surface area contributed by atoms with Gasteiger partial charge in [-0.25, -0.2) is 8.42 Å². The molecule has 0 saturated carbocycles. The number of benzene rings is 2. The summed E-state index contributed by atoms with van der Waals surface area (Å²) in [5, 5.41) is 0.667. The van der Waals surface area contributed by atoms with Crippen molar-refractivity contribution in [2.24, 2.45) is 0 Å². The number of rotatable bonds is 8. The van der Waals surface area contributed by atoms with Gasteiger partial charge in [0.05, 0.1) is 17.5 Å². The maximum absolute atomic E-state index is 12.5. The Hall–Kier alpha value is -2.05. The molecule has 0 saturated heterocycles. The summed E-state index contributed by atoms with van der Waals surface area (Å²) >= 11 is 5.93. The molecule has 0 unspecified atom stereocenters. The Morgan fingerprint density at radius 1 is 1.18 bits per heavy atom. The second-order valence-corrected chi connectivity index (χ2v) is 9.34. The quantitative estimate of drug-likeness (QED) is 0.589. The van der Waals surface area contributed by atoms with Gasteiger partial charge in [0.2, 0.25) is 5.91 Å². The number of carbonyl (C=O) groups excluding carboxylic acids is 1. The molecule has 152 valence electrons. The van der Waals surface area contributed by atoms with Crippen LogP contribution in [0.2, 0.25) is 5.02 Å². The van der Waals surface area contributed by atoms with E-state index in [1.54, 1.807) is 42.3 Å². The molecule has 0 bridgehead atoms. The molecule has 0 spiro atoms. The van der Waals surface area contributed by atoms with E-state index >= 15 is 0 Å². The molecule has 0 N–H and O–H groups in total. The molecule has 2 aromatic rings. The maximum Gasteiger partial charge on any atom is 0.222 e. The van der Waals surface area contributed by atoms with Crippen molar-refractivity contribution in [1.82, 2.24) is 4.90 Å². The minimum Gasteiger partial charge on any atom is -0.493 e. The van der Waals surface area contributed by atoms with Gasteiger partial charge < -0.3 is 9.64 Å². The molecule has 0 aromatic heterocycles. The lowest BCUT2D eigenvalue weighted by atomic mass is 10.1. The Kier molecular flexibility index (Phi) is 7.49. The molecule has 2 rings (SSSR count). The number of ether oxygens (including phenoxy) is 1. The van der Waals surface area contributed by atoms with Crippen LogP contribution in [0.4, 0.5) is 0 Å². The third-order valence-electron chi connectivity index (χ3n) is 4.69. The summed E-state index contributed by atoms with van der Waals surface area (Å²) in [5.74, 6) is 0.778. The summed E-state index contributed by atoms with van der Waals surface area (Å²) in [5.41, 5.74) is 1.85. The fourth-order valence-electron chi connectivity index (χ4n) is 2.79. The van der Waals surface area contributed by atoms with E-state index in [-0.39, 0.29) is 16.8 Å². The lowest BCUT2D eigenvalue weighted by molar-refractivity contribution is -0.132. The predicted molar refractivity (Wildman–Crippen MR) is 112 cm³/mol. The van der Waals surface area contributed by atoms with Crippen LogP contribution in [0.5, 0.6) is 5.75 Å². The van der Waals surface area contributed by atoms with Crippen LogP contribution < -0.4 is 4.74 Å². The zero-order valence-corrected chi connectivity index (χ0v) is 18.2. The van der Waals surface area contributed by atoms with Gasteiger partial charge in [-0.2, -0.15) is 0 Å². The average molecular weight is 424 g/mol. The van der Waals surface area contributed by atoms with Crippen LogP contribution in [0.15, 0.2) is 47.4 Å². The zero-order valence-electron chi connectivity index (χ0n) is 16.6. The van der Waals surface area contributed by atoms with E-state index in [0.717, 1.165) is 16.9 Å². The Balaban J connectivity index is 1.86. The molecular formula is C21H26ClNO4S. The number of sulfone groups is 1. The van der Waals surface area contributed by atoms with Crippen molar-refractivity contribution in [3.05, 3.63) is 58.6 Å². The number of amides is 1. The molecule has 2 aromatic carbocycles. The van der Waals surface area contributed by atoms with E-state index in [0.29, 0.717) is 24.5 Å². The van der Waals surface area contributed by atoms with Crippen molar-refractivity contribution in [2.75, 3.05) is 19.9 Å². The van der Waals surface area contributed by atoms with Crippen LogP contribution in [0.1, 0.15) is 36.9 Å². The highest BCUT2D eigenvalue weighted by atomic mass is 35.5. The third kappa shape index (κ3) is 5.97. The monoisotopic (exact) mass is 423 g/mol. The van der Waals surface area contributed by atoms with E-state index in [9.17, 15) is 13.2 Å². The molecule has 28 heavy (non-hydrogen) atoms. The molecular weight excluding hydrogens is 398 g/mol. The van der Waals surface area contributed by atoms with Crippen molar-refractivity contribution < 1.29 is 17.9 Å². The molecule has 0 aliphatic rings. The van der Waals surface area contributed by atoms with E-state index in [1.165, 1.54) is 6.26 Å². The fraction of sp³-hybridized carbons (Fsp3) is 0.381. The van der Waals surface area contributed by atoms with Crippen molar-refractivity contribution in [1.29, 1.82) is 0 Å². The van der Waals surface area contributed by atoms with E-state index < -0.39 is 9.84 Å². The molecule has 1 atom stereocenters. The van der Waals surface area contributed by atoms with Gasteiger partial charge in [0.25, 0.3) is 0 Å². The third-order valence-corrected chi connectivity index (χ3v) is 6.06. The van der Waals surface area contributed by atoms with Crippen LogP contribution >= 0.6 is 11.6 Å². The Morgan fingerprint density at radius 3 is 2.39 bits per heavy atom. The largest absolute Gasteiger partial charge is 0.493 e. The van der Waals surface area contributed by atoms with Gasteiger partial charge in [-0.05, 0) is 61.7 Å². The van der Waals surface area contributed by atoms with Gasteiger partial charge in [0.1, 0.15) is 5.75 Å². The van der Waals surface area contributed by atoms with Gasteiger partial charge in [0, 0.05) is 24.7 Å².